The van der Waals surface area contributed by atoms with Crippen LogP contribution in [0.15, 0.2) is 12.1 Å². The minimum Gasteiger partial charge on any atom is -0.330 e. The van der Waals surface area contributed by atoms with Gasteiger partial charge in [-0.25, -0.2) is 0 Å². The first-order chi connectivity index (χ1) is 9.15. The summed E-state index contributed by atoms with van der Waals surface area (Å²) in [5.41, 5.74) is 15.7. The van der Waals surface area contributed by atoms with Crippen molar-refractivity contribution in [3.05, 3.63) is 33.8 Å². The molecule has 2 nitrogen and oxygen atoms in total. The van der Waals surface area contributed by atoms with Crippen molar-refractivity contribution in [2.45, 2.75) is 44.9 Å². The van der Waals surface area contributed by atoms with Crippen molar-refractivity contribution in [2.24, 2.45) is 17.4 Å². The smallest absolute Gasteiger partial charge is 0.0443 e. The average molecular weight is 281 g/mol. The van der Waals surface area contributed by atoms with E-state index in [1.165, 1.54) is 42.4 Å². The lowest BCUT2D eigenvalue weighted by Gasteiger charge is -2.23. The van der Waals surface area contributed by atoms with Gasteiger partial charge in [-0.15, -0.1) is 0 Å². The molecular formula is C16H25ClN2. The predicted molar refractivity (Wildman–Crippen MR) is 82.7 cm³/mol. The molecule has 0 amide bonds. The zero-order valence-corrected chi connectivity index (χ0v) is 12.5. The predicted octanol–water partition coefficient (Wildman–Crippen LogP) is 3.25. The number of rotatable bonds is 5. The van der Waals surface area contributed by atoms with E-state index < -0.39 is 0 Å². The Balaban J connectivity index is 2.19. The van der Waals surface area contributed by atoms with Gasteiger partial charge in [-0.3, -0.25) is 0 Å². The van der Waals surface area contributed by atoms with Crippen LogP contribution in [0.1, 0.15) is 48.8 Å². The van der Waals surface area contributed by atoms with Crippen molar-refractivity contribution in [1.29, 1.82) is 0 Å². The van der Waals surface area contributed by atoms with Crippen LogP contribution in [0, 0.1) is 5.92 Å². The molecule has 1 unspecified atom stereocenters. The van der Waals surface area contributed by atoms with Gasteiger partial charge in [0.1, 0.15) is 0 Å². The molecule has 0 aliphatic heterocycles. The number of halogens is 1. The molecule has 0 saturated carbocycles. The molecule has 19 heavy (non-hydrogen) atoms. The van der Waals surface area contributed by atoms with Crippen molar-refractivity contribution in [3.8, 4) is 0 Å². The first kappa shape index (κ1) is 14.8. The molecule has 0 radical (unpaired) electrons. The van der Waals surface area contributed by atoms with E-state index in [4.69, 9.17) is 23.1 Å². The van der Waals surface area contributed by atoms with Crippen LogP contribution < -0.4 is 11.5 Å². The second kappa shape index (κ2) is 6.74. The molecule has 1 aromatic rings. The minimum absolute atomic E-state index is 0.391. The molecule has 106 valence electrons. The molecule has 0 bridgehead atoms. The molecule has 1 atom stereocenters. The molecule has 0 aromatic heterocycles. The second-order valence-corrected chi connectivity index (χ2v) is 6.23. The number of fused-ring (bicyclic) bond motifs is 1. The summed E-state index contributed by atoms with van der Waals surface area (Å²) >= 11 is 6.46. The van der Waals surface area contributed by atoms with Crippen LogP contribution in [-0.4, -0.2) is 13.1 Å². The Morgan fingerprint density at radius 2 is 1.68 bits per heavy atom. The monoisotopic (exact) mass is 280 g/mol. The summed E-state index contributed by atoms with van der Waals surface area (Å²) in [5.74, 6) is 0.818. The Labute approximate surface area is 121 Å². The van der Waals surface area contributed by atoms with Gasteiger partial charge in [-0.2, -0.15) is 0 Å². The van der Waals surface area contributed by atoms with E-state index in [1.54, 1.807) is 0 Å². The molecule has 3 heteroatoms. The zero-order chi connectivity index (χ0) is 13.8. The SMILES string of the molecule is CC(CC(CN)CN)c1cc2c(cc1Cl)CCCC2. The van der Waals surface area contributed by atoms with Crippen LogP contribution in [0.5, 0.6) is 0 Å². The minimum atomic E-state index is 0.391. The average Bonchev–Trinajstić information content (AvgIpc) is 2.43. The number of nitrogens with two attached hydrogens (primary N) is 2. The fraction of sp³-hybridized carbons (Fsp3) is 0.625. The van der Waals surface area contributed by atoms with Gasteiger partial charge in [0.15, 0.2) is 0 Å². The molecule has 1 aromatic carbocycles. The molecular weight excluding hydrogens is 256 g/mol. The van der Waals surface area contributed by atoms with E-state index in [-0.39, 0.29) is 0 Å². The van der Waals surface area contributed by atoms with Crippen molar-refractivity contribution in [3.63, 3.8) is 0 Å². The van der Waals surface area contributed by atoms with Crippen molar-refractivity contribution >= 4 is 11.6 Å². The highest BCUT2D eigenvalue weighted by molar-refractivity contribution is 6.31. The lowest BCUT2D eigenvalue weighted by molar-refractivity contribution is 0.465. The summed E-state index contributed by atoms with van der Waals surface area (Å²) in [7, 11) is 0. The summed E-state index contributed by atoms with van der Waals surface area (Å²) in [5, 5.41) is 0.918. The lowest BCUT2D eigenvalue weighted by atomic mass is 9.85. The number of hydrogen-bond acceptors (Lipinski definition) is 2. The molecule has 1 aliphatic carbocycles. The third-order valence-corrected chi connectivity index (χ3v) is 4.67. The van der Waals surface area contributed by atoms with Gasteiger partial charge < -0.3 is 11.5 Å². The van der Waals surface area contributed by atoms with Crippen LogP contribution in [0.25, 0.3) is 0 Å². The highest BCUT2D eigenvalue weighted by Crippen LogP contribution is 2.34. The molecule has 2 rings (SSSR count). The first-order valence-electron chi connectivity index (χ1n) is 7.37. The van der Waals surface area contributed by atoms with Gasteiger partial charge in [0.25, 0.3) is 0 Å². The first-order valence-corrected chi connectivity index (χ1v) is 7.74. The molecule has 4 N–H and O–H groups in total. The van der Waals surface area contributed by atoms with Gasteiger partial charge in [-0.1, -0.05) is 24.6 Å². The van der Waals surface area contributed by atoms with Crippen LogP contribution in [0.2, 0.25) is 5.02 Å². The van der Waals surface area contributed by atoms with E-state index >= 15 is 0 Å². The van der Waals surface area contributed by atoms with Crippen LogP contribution in [0.4, 0.5) is 0 Å². The maximum Gasteiger partial charge on any atom is 0.0443 e. The number of benzene rings is 1. The summed E-state index contributed by atoms with van der Waals surface area (Å²) in [6.45, 7) is 3.54. The highest BCUT2D eigenvalue weighted by Gasteiger charge is 2.18. The number of aryl methyl sites for hydroxylation is 2. The van der Waals surface area contributed by atoms with Crippen LogP contribution in [-0.2, 0) is 12.8 Å². The molecule has 0 spiro atoms. The van der Waals surface area contributed by atoms with Crippen molar-refractivity contribution in [2.75, 3.05) is 13.1 Å². The fourth-order valence-corrected chi connectivity index (χ4v) is 3.44. The van der Waals surface area contributed by atoms with Crippen LogP contribution in [0.3, 0.4) is 0 Å². The highest BCUT2D eigenvalue weighted by atomic mass is 35.5. The molecule has 0 fully saturated rings. The fourth-order valence-electron chi connectivity index (χ4n) is 3.07. The second-order valence-electron chi connectivity index (χ2n) is 5.82. The zero-order valence-electron chi connectivity index (χ0n) is 11.8. The molecule has 1 aliphatic rings. The Hall–Kier alpha value is -0.570. The maximum atomic E-state index is 6.46. The topological polar surface area (TPSA) is 52.0 Å². The van der Waals surface area contributed by atoms with Crippen LogP contribution >= 0.6 is 11.6 Å². The third-order valence-electron chi connectivity index (χ3n) is 4.35. The normalized spacial score (nSPS) is 16.5. The van der Waals surface area contributed by atoms with E-state index in [9.17, 15) is 0 Å². The van der Waals surface area contributed by atoms with Crippen molar-refractivity contribution in [1.82, 2.24) is 0 Å². The van der Waals surface area contributed by atoms with E-state index in [2.05, 4.69) is 19.1 Å². The maximum absolute atomic E-state index is 6.46. The summed E-state index contributed by atoms with van der Waals surface area (Å²) in [6, 6.07) is 4.51. The van der Waals surface area contributed by atoms with E-state index in [0.717, 1.165) is 11.4 Å². The Morgan fingerprint density at radius 1 is 1.11 bits per heavy atom. The molecule has 0 heterocycles. The lowest BCUT2D eigenvalue weighted by Crippen LogP contribution is -2.24. The summed E-state index contributed by atoms with van der Waals surface area (Å²) in [6.07, 6.45) is 5.99. The van der Waals surface area contributed by atoms with E-state index in [0.29, 0.717) is 24.9 Å². The van der Waals surface area contributed by atoms with Gasteiger partial charge in [0, 0.05) is 5.02 Å². The third kappa shape index (κ3) is 3.50. The standard InChI is InChI=1S/C16H25ClN2/c1-11(6-12(9-18)10-19)15-7-13-4-2-3-5-14(13)8-16(15)17/h7-8,11-12H,2-6,9-10,18-19H2,1H3. The molecule has 0 saturated heterocycles. The largest absolute Gasteiger partial charge is 0.330 e. The summed E-state index contributed by atoms with van der Waals surface area (Å²) < 4.78 is 0. The van der Waals surface area contributed by atoms with Gasteiger partial charge >= 0.3 is 0 Å². The van der Waals surface area contributed by atoms with E-state index in [1.807, 2.05) is 0 Å². The van der Waals surface area contributed by atoms with Crippen molar-refractivity contribution < 1.29 is 0 Å². The van der Waals surface area contributed by atoms with Gasteiger partial charge in [0.05, 0.1) is 0 Å². The quantitative estimate of drug-likeness (QED) is 0.870. The van der Waals surface area contributed by atoms with Gasteiger partial charge in [0.2, 0.25) is 0 Å². The van der Waals surface area contributed by atoms with Gasteiger partial charge in [-0.05, 0) is 79.8 Å². The Kier molecular flexibility index (Phi) is 5.26. The Morgan fingerprint density at radius 3 is 2.26 bits per heavy atom. The summed E-state index contributed by atoms with van der Waals surface area (Å²) in [4.78, 5) is 0. The number of hydrogen-bond donors (Lipinski definition) is 2. The Bertz CT molecular complexity index is 427.